The lowest BCUT2D eigenvalue weighted by molar-refractivity contribution is 0.158. The van der Waals surface area contributed by atoms with Gasteiger partial charge in [-0.25, -0.2) is 9.50 Å². The van der Waals surface area contributed by atoms with Gasteiger partial charge in [0.05, 0.1) is 12.8 Å². The van der Waals surface area contributed by atoms with Crippen LogP contribution in [0.25, 0.3) is 5.65 Å². The van der Waals surface area contributed by atoms with Crippen molar-refractivity contribution in [2.45, 2.75) is 6.92 Å². The quantitative estimate of drug-likeness (QED) is 0.746. The molecule has 5 nitrogen and oxygen atoms in total. The predicted molar refractivity (Wildman–Crippen MR) is 58.0 cm³/mol. The molecule has 0 atom stereocenters. The fourth-order valence-corrected chi connectivity index (χ4v) is 1.31. The zero-order valence-electron chi connectivity index (χ0n) is 8.68. The number of rotatable bonds is 5. The van der Waals surface area contributed by atoms with Gasteiger partial charge in [-0.1, -0.05) is 0 Å². The van der Waals surface area contributed by atoms with Crippen LogP contribution in [0.3, 0.4) is 0 Å². The summed E-state index contributed by atoms with van der Waals surface area (Å²) in [4.78, 5) is 4.37. The molecule has 0 aliphatic heterocycles. The number of nitrogens with one attached hydrogen (secondary N) is 1. The smallest absolute Gasteiger partial charge is 0.157 e. The Kier molecular flexibility index (Phi) is 3.14. The fraction of sp³-hybridized carbons (Fsp3) is 0.400. The van der Waals surface area contributed by atoms with E-state index in [0.29, 0.717) is 6.61 Å². The van der Waals surface area contributed by atoms with Crippen LogP contribution < -0.4 is 5.32 Å². The summed E-state index contributed by atoms with van der Waals surface area (Å²) >= 11 is 0. The molecule has 0 aliphatic carbocycles. The highest BCUT2D eigenvalue weighted by atomic mass is 16.5. The van der Waals surface area contributed by atoms with E-state index in [0.717, 1.165) is 24.6 Å². The van der Waals surface area contributed by atoms with Gasteiger partial charge in [0, 0.05) is 25.4 Å². The Labute approximate surface area is 88.1 Å². The molecule has 2 rings (SSSR count). The van der Waals surface area contributed by atoms with Crippen LogP contribution in [0.15, 0.2) is 24.5 Å². The average molecular weight is 206 g/mol. The molecule has 0 aromatic carbocycles. The van der Waals surface area contributed by atoms with Crippen molar-refractivity contribution < 1.29 is 4.74 Å². The molecule has 0 aliphatic rings. The maximum atomic E-state index is 5.22. The van der Waals surface area contributed by atoms with Gasteiger partial charge in [0.2, 0.25) is 0 Å². The molecule has 2 aromatic heterocycles. The van der Waals surface area contributed by atoms with E-state index in [1.165, 1.54) is 0 Å². The van der Waals surface area contributed by atoms with Crippen molar-refractivity contribution in [1.29, 1.82) is 0 Å². The van der Waals surface area contributed by atoms with Gasteiger partial charge < -0.3 is 10.1 Å². The van der Waals surface area contributed by atoms with Crippen LogP contribution in [0.4, 0.5) is 5.82 Å². The number of hydrogen-bond acceptors (Lipinski definition) is 4. The summed E-state index contributed by atoms with van der Waals surface area (Å²) in [6.07, 6.45) is 3.61. The minimum atomic E-state index is 0.697. The van der Waals surface area contributed by atoms with E-state index in [1.807, 2.05) is 25.3 Å². The summed E-state index contributed by atoms with van der Waals surface area (Å²) in [7, 11) is 0. The Morgan fingerprint density at radius 1 is 1.47 bits per heavy atom. The molecular weight excluding hydrogens is 192 g/mol. The van der Waals surface area contributed by atoms with Crippen molar-refractivity contribution in [2.75, 3.05) is 25.1 Å². The second kappa shape index (κ2) is 4.75. The maximum absolute atomic E-state index is 5.22. The zero-order chi connectivity index (χ0) is 10.5. The highest BCUT2D eigenvalue weighted by Gasteiger charge is 1.97. The lowest BCUT2D eigenvalue weighted by Gasteiger charge is -2.05. The van der Waals surface area contributed by atoms with Crippen molar-refractivity contribution in [3.8, 4) is 0 Å². The summed E-state index contributed by atoms with van der Waals surface area (Å²) in [5.41, 5.74) is 0.844. The SMILES string of the molecule is CCOCCNc1ccn2nccc2n1. The van der Waals surface area contributed by atoms with Crippen molar-refractivity contribution in [3.05, 3.63) is 24.5 Å². The summed E-state index contributed by atoms with van der Waals surface area (Å²) < 4.78 is 6.95. The predicted octanol–water partition coefficient (Wildman–Crippen LogP) is 1.18. The summed E-state index contributed by atoms with van der Waals surface area (Å²) in [6, 6.07) is 3.76. The molecule has 0 unspecified atom stereocenters. The van der Waals surface area contributed by atoms with E-state index >= 15 is 0 Å². The molecule has 2 aromatic rings. The van der Waals surface area contributed by atoms with E-state index in [1.54, 1.807) is 10.7 Å². The molecular formula is C10H14N4O. The fourth-order valence-electron chi connectivity index (χ4n) is 1.31. The van der Waals surface area contributed by atoms with Gasteiger partial charge in [-0.2, -0.15) is 5.10 Å². The number of ether oxygens (including phenoxy) is 1. The third-order valence-electron chi connectivity index (χ3n) is 2.01. The van der Waals surface area contributed by atoms with Crippen LogP contribution in [0.1, 0.15) is 6.92 Å². The lowest BCUT2D eigenvalue weighted by atomic mass is 10.5. The zero-order valence-corrected chi connectivity index (χ0v) is 8.68. The Morgan fingerprint density at radius 2 is 2.40 bits per heavy atom. The van der Waals surface area contributed by atoms with Crippen LogP contribution in [-0.2, 0) is 4.74 Å². The molecule has 1 N–H and O–H groups in total. The van der Waals surface area contributed by atoms with Gasteiger partial charge in [-0.3, -0.25) is 0 Å². The molecule has 0 saturated heterocycles. The summed E-state index contributed by atoms with van der Waals surface area (Å²) in [5, 5.41) is 7.26. The van der Waals surface area contributed by atoms with E-state index in [9.17, 15) is 0 Å². The standard InChI is InChI=1S/C10H14N4O/c1-2-15-8-6-11-9-4-7-14-10(13-9)3-5-12-14/h3-5,7H,2,6,8H2,1H3,(H,11,13). The Hall–Kier alpha value is -1.62. The first-order chi connectivity index (χ1) is 7.40. The Bertz CT molecular complexity index is 426. The highest BCUT2D eigenvalue weighted by molar-refractivity contribution is 5.45. The molecule has 0 fully saturated rings. The van der Waals surface area contributed by atoms with Crippen LogP contribution in [0.2, 0.25) is 0 Å². The number of nitrogens with zero attached hydrogens (tertiary/aromatic N) is 3. The molecule has 0 saturated carbocycles. The number of fused-ring (bicyclic) bond motifs is 1. The third kappa shape index (κ3) is 2.44. The Balaban J connectivity index is 1.96. The molecule has 2 heterocycles. The molecule has 0 radical (unpaired) electrons. The molecule has 15 heavy (non-hydrogen) atoms. The van der Waals surface area contributed by atoms with Crippen LogP contribution in [-0.4, -0.2) is 34.4 Å². The monoisotopic (exact) mass is 206 g/mol. The van der Waals surface area contributed by atoms with Gasteiger partial charge in [-0.05, 0) is 13.0 Å². The van der Waals surface area contributed by atoms with Crippen molar-refractivity contribution in [1.82, 2.24) is 14.6 Å². The molecule has 0 bridgehead atoms. The molecule has 0 spiro atoms. The minimum Gasteiger partial charge on any atom is -0.380 e. The van der Waals surface area contributed by atoms with E-state index in [2.05, 4.69) is 15.4 Å². The van der Waals surface area contributed by atoms with E-state index in [4.69, 9.17) is 4.74 Å². The minimum absolute atomic E-state index is 0.697. The summed E-state index contributed by atoms with van der Waals surface area (Å²) in [6.45, 7) is 4.20. The second-order valence-corrected chi connectivity index (χ2v) is 3.07. The molecule has 80 valence electrons. The topological polar surface area (TPSA) is 51.5 Å². The first-order valence-corrected chi connectivity index (χ1v) is 5.02. The largest absolute Gasteiger partial charge is 0.380 e. The molecule has 5 heteroatoms. The first kappa shape index (κ1) is 9.92. The summed E-state index contributed by atoms with van der Waals surface area (Å²) in [5.74, 6) is 0.850. The van der Waals surface area contributed by atoms with Crippen molar-refractivity contribution in [2.24, 2.45) is 0 Å². The van der Waals surface area contributed by atoms with E-state index < -0.39 is 0 Å². The lowest BCUT2D eigenvalue weighted by Crippen LogP contribution is -2.10. The van der Waals surface area contributed by atoms with Gasteiger partial charge in [0.1, 0.15) is 5.82 Å². The average Bonchev–Trinajstić information content (AvgIpc) is 2.71. The van der Waals surface area contributed by atoms with E-state index in [-0.39, 0.29) is 0 Å². The number of aromatic nitrogens is 3. The normalized spacial score (nSPS) is 10.7. The van der Waals surface area contributed by atoms with Crippen molar-refractivity contribution in [3.63, 3.8) is 0 Å². The third-order valence-corrected chi connectivity index (χ3v) is 2.01. The van der Waals surface area contributed by atoms with Gasteiger partial charge >= 0.3 is 0 Å². The van der Waals surface area contributed by atoms with Crippen molar-refractivity contribution >= 4 is 11.5 Å². The van der Waals surface area contributed by atoms with Crippen LogP contribution in [0, 0.1) is 0 Å². The van der Waals surface area contributed by atoms with Crippen LogP contribution in [0.5, 0.6) is 0 Å². The Morgan fingerprint density at radius 3 is 3.27 bits per heavy atom. The number of anilines is 1. The highest BCUT2D eigenvalue weighted by Crippen LogP contribution is 2.04. The van der Waals surface area contributed by atoms with Gasteiger partial charge in [-0.15, -0.1) is 0 Å². The van der Waals surface area contributed by atoms with Crippen LogP contribution >= 0.6 is 0 Å². The molecule has 0 amide bonds. The van der Waals surface area contributed by atoms with Gasteiger partial charge in [0.25, 0.3) is 0 Å². The van der Waals surface area contributed by atoms with Gasteiger partial charge in [0.15, 0.2) is 5.65 Å². The first-order valence-electron chi connectivity index (χ1n) is 5.02. The maximum Gasteiger partial charge on any atom is 0.157 e. The number of hydrogen-bond donors (Lipinski definition) is 1. The second-order valence-electron chi connectivity index (χ2n) is 3.07.